The maximum absolute atomic E-state index is 12.4. The first-order chi connectivity index (χ1) is 11.1. The summed E-state index contributed by atoms with van der Waals surface area (Å²) >= 11 is 6.45. The van der Waals surface area contributed by atoms with Crippen LogP contribution in [-0.2, 0) is 15.1 Å². The number of rotatable bonds is 3. The van der Waals surface area contributed by atoms with Crippen LogP contribution in [-0.4, -0.2) is 40.1 Å². The van der Waals surface area contributed by atoms with E-state index in [9.17, 15) is 9.59 Å². The van der Waals surface area contributed by atoms with E-state index in [1.807, 2.05) is 12.1 Å². The molecule has 0 aliphatic heterocycles. The van der Waals surface area contributed by atoms with Crippen LogP contribution in [0, 0.1) is 0 Å². The van der Waals surface area contributed by atoms with Gasteiger partial charge in [0.2, 0.25) is 0 Å². The second kappa shape index (κ2) is 6.36. The van der Waals surface area contributed by atoms with Crippen molar-refractivity contribution in [3.05, 3.63) is 35.0 Å². The summed E-state index contributed by atoms with van der Waals surface area (Å²) in [5, 5.41) is 9.13. The lowest BCUT2D eigenvalue weighted by Gasteiger charge is -2.35. The van der Waals surface area contributed by atoms with Crippen LogP contribution in [0.1, 0.15) is 33.4 Å². The number of likely N-dealkylation sites (N-methyl/N-ethyl adjacent to an activating group) is 1. The summed E-state index contributed by atoms with van der Waals surface area (Å²) in [4.78, 5) is 25.4. The highest BCUT2D eigenvalue weighted by molar-refractivity contribution is 6.36. The number of fused-ring (bicyclic) bond motifs is 1. The summed E-state index contributed by atoms with van der Waals surface area (Å²) in [5.41, 5.74) is -1.28. The molecule has 1 atom stereocenters. The monoisotopic (exact) mass is 349 g/mol. The molecule has 24 heavy (non-hydrogen) atoms. The smallest absolute Gasteiger partial charge is 0.411 e. The van der Waals surface area contributed by atoms with Crippen molar-refractivity contribution in [3.63, 3.8) is 0 Å². The normalized spacial score (nSPS) is 14.1. The molecule has 7 heteroatoms. The van der Waals surface area contributed by atoms with Crippen molar-refractivity contribution in [2.75, 3.05) is 7.05 Å². The van der Waals surface area contributed by atoms with E-state index in [2.05, 4.69) is 10.2 Å². The molecule has 0 bridgehead atoms. The number of carbonyl (C=O) groups is 2. The van der Waals surface area contributed by atoms with Crippen molar-refractivity contribution in [2.45, 2.75) is 38.8 Å². The average Bonchev–Trinajstić information content (AvgIpc) is 2.52. The summed E-state index contributed by atoms with van der Waals surface area (Å²) in [6, 6.07) is 7.19. The zero-order chi connectivity index (χ0) is 18.1. The Hall–Kier alpha value is -2.21. The van der Waals surface area contributed by atoms with Crippen molar-refractivity contribution in [1.29, 1.82) is 0 Å². The van der Waals surface area contributed by atoms with Gasteiger partial charge in [-0.2, -0.15) is 10.2 Å². The number of ether oxygens (including phenoxy) is 1. The van der Waals surface area contributed by atoms with Crippen molar-refractivity contribution in [3.8, 4) is 0 Å². The zero-order valence-electron chi connectivity index (χ0n) is 14.3. The molecule has 0 saturated heterocycles. The maximum Gasteiger partial charge on any atom is 0.411 e. The van der Waals surface area contributed by atoms with E-state index in [0.717, 1.165) is 0 Å². The van der Waals surface area contributed by atoms with Gasteiger partial charge in [-0.1, -0.05) is 29.8 Å². The summed E-state index contributed by atoms with van der Waals surface area (Å²) < 4.78 is 5.33. The van der Waals surface area contributed by atoms with Gasteiger partial charge in [-0.25, -0.2) is 4.79 Å². The van der Waals surface area contributed by atoms with E-state index >= 15 is 0 Å². The summed E-state index contributed by atoms with van der Waals surface area (Å²) in [7, 11) is 1.47. The van der Waals surface area contributed by atoms with Crippen LogP contribution < -0.4 is 0 Å². The van der Waals surface area contributed by atoms with E-state index in [4.69, 9.17) is 16.3 Å². The van der Waals surface area contributed by atoms with Gasteiger partial charge in [-0.05, 0) is 33.8 Å². The Balaban J connectivity index is 2.51. The highest BCUT2D eigenvalue weighted by Crippen LogP contribution is 2.34. The summed E-state index contributed by atoms with van der Waals surface area (Å²) in [6.07, 6.45) is -0.0372. The van der Waals surface area contributed by atoms with E-state index in [-0.39, 0.29) is 10.7 Å². The van der Waals surface area contributed by atoms with Gasteiger partial charge >= 0.3 is 6.09 Å². The Morgan fingerprint density at radius 3 is 2.42 bits per heavy atom. The molecule has 1 amide bonds. The van der Waals surface area contributed by atoms with Gasteiger partial charge in [0, 0.05) is 12.4 Å². The Morgan fingerprint density at radius 1 is 1.21 bits per heavy atom. The van der Waals surface area contributed by atoms with Gasteiger partial charge in [-0.15, -0.1) is 0 Å². The molecule has 6 nitrogen and oxygen atoms in total. The second-order valence-electron chi connectivity index (χ2n) is 6.68. The molecule has 0 aliphatic carbocycles. The molecule has 2 rings (SSSR count). The van der Waals surface area contributed by atoms with Gasteiger partial charge in [0.15, 0.2) is 6.29 Å². The van der Waals surface area contributed by atoms with Crippen LogP contribution >= 0.6 is 11.6 Å². The lowest BCUT2D eigenvalue weighted by atomic mass is 9.96. The van der Waals surface area contributed by atoms with Gasteiger partial charge < -0.3 is 9.53 Å². The van der Waals surface area contributed by atoms with E-state index in [0.29, 0.717) is 17.2 Å². The van der Waals surface area contributed by atoms with Crippen LogP contribution in [0.2, 0.25) is 5.02 Å². The molecule has 0 aliphatic rings. The van der Waals surface area contributed by atoms with Crippen LogP contribution in [0.25, 0.3) is 10.9 Å². The number of carbonyl (C=O) groups excluding carboxylic acids is 2. The maximum atomic E-state index is 12.4. The van der Waals surface area contributed by atoms with Crippen LogP contribution in [0.4, 0.5) is 4.79 Å². The Kier molecular flexibility index (Phi) is 4.80. The van der Waals surface area contributed by atoms with Gasteiger partial charge in [0.25, 0.3) is 0 Å². The first kappa shape index (κ1) is 18.1. The average molecular weight is 350 g/mol. The SMILES string of the molecule is CN(C(=O)OC(C)(C)C)C(C)(C=O)c1nnc2ccccc2c1Cl. The Labute approximate surface area is 145 Å². The quantitative estimate of drug-likeness (QED) is 0.792. The number of hydrogen-bond acceptors (Lipinski definition) is 5. The van der Waals surface area contributed by atoms with Gasteiger partial charge in [0.1, 0.15) is 16.8 Å². The number of nitrogens with zero attached hydrogens (tertiary/aromatic N) is 3. The topological polar surface area (TPSA) is 72.4 Å². The third-order valence-electron chi connectivity index (χ3n) is 3.68. The molecule has 1 unspecified atom stereocenters. The van der Waals surface area contributed by atoms with Crippen LogP contribution in [0.15, 0.2) is 24.3 Å². The molecule has 0 fully saturated rings. The fourth-order valence-electron chi connectivity index (χ4n) is 2.16. The molecule has 1 aromatic carbocycles. The van der Waals surface area contributed by atoms with Gasteiger partial charge in [0.05, 0.1) is 10.5 Å². The summed E-state index contributed by atoms with van der Waals surface area (Å²) in [6.45, 7) is 6.80. The minimum Gasteiger partial charge on any atom is -0.444 e. The first-order valence-corrected chi connectivity index (χ1v) is 7.82. The zero-order valence-corrected chi connectivity index (χ0v) is 15.1. The summed E-state index contributed by atoms with van der Waals surface area (Å²) in [5.74, 6) is 0. The molecule has 1 aromatic heterocycles. The molecule has 2 aromatic rings. The van der Waals surface area contributed by atoms with Crippen molar-refractivity contribution < 1.29 is 14.3 Å². The van der Waals surface area contributed by atoms with Crippen LogP contribution in [0.3, 0.4) is 0 Å². The molecular formula is C17H20ClN3O3. The number of aromatic nitrogens is 2. The van der Waals surface area contributed by atoms with Crippen molar-refractivity contribution in [1.82, 2.24) is 15.1 Å². The number of benzene rings is 1. The highest BCUT2D eigenvalue weighted by Gasteiger charge is 2.40. The fraction of sp³-hybridized carbons (Fsp3) is 0.412. The van der Waals surface area contributed by atoms with Gasteiger partial charge in [-0.3, -0.25) is 4.90 Å². The predicted molar refractivity (Wildman–Crippen MR) is 92.0 cm³/mol. The number of hydrogen-bond donors (Lipinski definition) is 0. The van der Waals surface area contributed by atoms with E-state index in [1.54, 1.807) is 39.8 Å². The molecule has 0 radical (unpaired) electrons. The third-order valence-corrected chi connectivity index (χ3v) is 4.06. The van der Waals surface area contributed by atoms with E-state index in [1.165, 1.54) is 11.9 Å². The second-order valence-corrected chi connectivity index (χ2v) is 7.06. The highest BCUT2D eigenvalue weighted by atomic mass is 35.5. The molecule has 1 heterocycles. The number of aldehydes is 1. The minimum atomic E-state index is -1.41. The Bertz CT molecular complexity index is 788. The predicted octanol–water partition coefficient (Wildman–Crippen LogP) is 3.56. The molecule has 0 N–H and O–H groups in total. The molecule has 0 saturated carbocycles. The number of amides is 1. The standard InChI is InChI=1S/C17H20ClN3O3/c1-16(2,3)24-15(23)21(5)17(4,10-22)14-13(18)11-8-6-7-9-12(11)19-20-14/h6-10H,1-5H3. The molecular weight excluding hydrogens is 330 g/mol. The van der Waals surface area contributed by atoms with Crippen molar-refractivity contribution in [2.24, 2.45) is 0 Å². The number of halogens is 1. The first-order valence-electron chi connectivity index (χ1n) is 7.44. The fourth-order valence-corrected chi connectivity index (χ4v) is 2.55. The lowest BCUT2D eigenvalue weighted by Crippen LogP contribution is -2.49. The van der Waals surface area contributed by atoms with Crippen molar-refractivity contribution >= 4 is 34.9 Å². The molecule has 128 valence electrons. The minimum absolute atomic E-state index is 0.200. The van der Waals surface area contributed by atoms with Crippen LogP contribution in [0.5, 0.6) is 0 Å². The molecule has 0 spiro atoms. The van der Waals surface area contributed by atoms with E-state index < -0.39 is 17.2 Å². The lowest BCUT2D eigenvalue weighted by molar-refractivity contribution is -0.117. The Morgan fingerprint density at radius 2 is 1.83 bits per heavy atom. The largest absolute Gasteiger partial charge is 0.444 e. The third kappa shape index (κ3) is 3.33.